The fraction of sp³-hybridized carbons (Fsp3) is 0.467. The molecule has 0 aromatic carbocycles. The van der Waals surface area contributed by atoms with Crippen molar-refractivity contribution in [3.05, 3.63) is 28.8 Å². The maximum atomic E-state index is 12.5. The Labute approximate surface area is 127 Å². The molecule has 1 aliphatic heterocycles. The van der Waals surface area contributed by atoms with Crippen LogP contribution in [-0.4, -0.2) is 44.2 Å². The van der Waals surface area contributed by atoms with Crippen LogP contribution < -0.4 is 10.6 Å². The number of amides is 1. The van der Waals surface area contributed by atoms with Crippen LogP contribution in [0.4, 0.5) is 0 Å². The molecular weight excluding hydrogens is 286 g/mol. The SMILES string of the molecule is COCCNC(=O)c1sc2ncccc2c1C1CCNC1. The van der Waals surface area contributed by atoms with Gasteiger partial charge in [0.2, 0.25) is 0 Å². The topological polar surface area (TPSA) is 63.2 Å². The average Bonchev–Trinajstić information content (AvgIpc) is 3.14. The van der Waals surface area contributed by atoms with Gasteiger partial charge in [-0.15, -0.1) is 11.3 Å². The van der Waals surface area contributed by atoms with Crippen LogP contribution in [0.25, 0.3) is 10.2 Å². The molecule has 0 spiro atoms. The Morgan fingerprint density at radius 1 is 1.62 bits per heavy atom. The molecule has 2 aromatic heterocycles. The van der Waals surface area contributed by atoms with Crippen molar-refractivity contribution in [1.82, 2.24) is 15.6 Å². The van der Waals surface area contributed by atoms with E-state index in [4.69, 9.17) is 4.74 Å². The largest absolute Gasteiger partial charge is 0.383 e. The van der Waals surface area contributed by atoms with Crippen LogP contribution >= 0.6 is 11.3 Å². The van der Waals surface area contributed by atoms with E-state index in [0.717, 1.165) is 40.2 Å². The monoisotopic (exact) mass is 305 g/mol. The highest BCUT2D eigenvalue weighted by atomic mass is 32.1. The highest BCUT2D eigenvalue weighted by Crippen LogP contribution is 2.37. The smallest absolute Gasteiger partial charge is 0.261 e. The van der Waals surface area contributed by atoms with Gasteiger partial charge in [-0.2, -0.15) is 0 Å². The minimum Gasteiger partial charge on any atom is -0.383 e. The molecule has 3 rings (SSSR count). The fourth-order valence-corrected chi connectivity index (χ4v) is 3.92. The van der Waals surface area contributed by atoms with Crippen LogP contribution in [0.3, 0.4) is 0 Å². The van der Waals surface area contributed by atoms with E-state index in [1.807, 2.05) is 6.07 Å². The summed E-state index contributed by atoms with van der Waals surface area (Å²) in [5.74, 6) is 0.378. The standard InChI is InChI=1S/C15H19N3O2S/c1-20-8-7-17-14(19)13-12(10-4-6-16-9-10)11-3-2-5-18-15(11)21-13/h2-3,5,10,16H,4,6-9H2,1H3,(H,17,19). The third-order valence-corrected chi connectivity index (χ3v) is 4.90. The lowest BCUT2D eigenvalue weighted by Gasteiger charge is -2.11. The minimum atomic E-state index is -0.0167. The van der Waals surface area contributed by atoms with E-state index in [2.05, 4.69) is 21.7 Å². The van der Waals surface area contributed by atoms with Gasteiger partial charge in [0.1, 0.15) is 4.83 Å². The molecule has 1 atom stereocenters. The molecule has 2 aromatic rings. The van der Waals surface area contributed by atoms with E-state index < -0.39 is 0 Å². The number of carbonyl (C=O) groups excluding carboxylic acids is 1. The number of hydrogen-bond acceptors (Lipinski definition) is 5. The zero-order valence-corrected chi connectivity index (χ0v) is 12.8. The van der Waals surface area contributed by atoms with Gasteiger partial charge in [-0.1, -0.05) is 6.07 Å². The summed E-state index contributed by atoms with van der Waals surface area (Å²) < 4.78 is 4.98. The highest BCUT2D eigenvalue weighted by Gasteiger charge is 2.27. The maximum absolute atomic E-state index is 12.5. The fourth-order valence-electron chi connectivity index (χ4n) is 2.77. The molecule has 1 fully saturated rings. The van der Waals surface area contributed by atoms with E-state index in [9.17, 15) is 4.79 Å². The van der Waals surface area contributed by atoms with E-state index in [1.54, 1.807) is 13.3 Å². The number of aromatic nitrogens is 1. The first-order valence-corrected chi connectivity index (χ1v) is 7.98. The normalized spacial score (nSPS) is 18.2. The van der Waals surface area contributed by atoms with Crippen LogP contribution in [0.5, 0.6) is 0 Å². The summed E-state index contributed by atoms with van der Waals surface area (Å²) in [6.45, 7) is 2.99. The summed E-state index contributed by atoms with van der Waals surface area (Å²) >= 11 is 1.49. The number of pyridine rings is 1. The lowest BCUT2D eigenvalue weighted by molar-refractivity contribution is 0.0940. The second kappa shape index (κ2) is 6.51. The molecule has 0 bridgehead atoms. The minimum absolute atomic E-state index is 0.0167. The number of ether oxygens (including phenoxy) is 1. The summed E-state index contributed by atoms with van der Waals surface area (Å²) in [6, 6.07) is 4.01. The van der Waals surface area contributed by atoms with Crippen molar-refractivity contribution in [3.63, 3.8) is 0 Å². The van der Waals surface area contributed by atoms with Crippen LogP contribution in [0.15, 0.2) is 18.3 Å². The first-order valence-electron chi connectivity index (χ1n) is 7.16. The molecule has 21 heavy (non-hydrogen) atoms. The summed E-state index contributed by atoms with van der Waals surface area (Å²) in [5.41, 5.74) is 1.16. The molecule has 0 saturated carbocycles. The Morgan fingerprint density at radius 3 is 3.29 bits per heavy atom. The van der Waals surface area contributed by atoms with Crippen molar-refractivity contribution in [2.75, 3.05) is 33.4 Å². The Kier molecular flexibility index (Phi) is 4.48. The van der Waals surface area contributed by atoms with Gasteiger partial charge < -0.3 is 15.4 Å². The van der Waals surface area contributed by atoms with Crippen molar-refractivity contribution in [1.29, 1.82) is 0 Å². The molecule has 5 nitrogen and oxygen atoms in total. The van der Waals surface area contributed by atoms with Gasteiger partial charge in [0, 0.05) is 31.8 Å². The third kappa shape index (κ3) is 2.92. The molecule has 0 radical (unpaired) electrons. The summed E-state index contributed by atoms with van der Waals surface area (Å²) in [6.07, 6.45) is 2.85. The Bertz CT molecular complexity index is 635. The van der Waals surface area contributed by atoms with Gasteiger partial charge in [-0.3, -0.25) is 4.79 Å². The van der Waals surface area contributed by atoms with Gasteiger partial charge in [0.15, 0.2) is 0 Å². The van der Waals surface area contributed by atoms with Gasteiger partial charge >= 0.3 is 0 Å². The van der Waals surface area contributed by atoms with Crippen molar-refractivity contribution in [2.45, 2.75) is 12.3 Å². The van der Waals surface area contributed by atoms with E-state index in [1.165, 1.54) is 11.3 Å². The molecule has 112 valence electrons. The van der Waals surface area contributed by atoms with Crippen LogP contribution in [0, 0.1) is 0 Å². The summed E-state index contributed by atoms with van der Waals surface area (Å²) in [4.78, 5) is 18.6. The number of hydrogen-bond donors (Lipinski definition) is 2. The zero-order valence-electron chi connectivity index (χ0n) is 12.0. The molecule has 1 unspecified atom stereocenters. The lowest BCUT2D eigenvalue weighted by atomic mass is 9.95. The molecule has 0 aliphatic carbocycles. The molecule has 1 aliphatic rings. The molecule has 1 saturated heterocycles. The number of rotatable bonds is 5. The summed E-state index contributed by atoms with van der Waals surface area (Å²) in [5, 5.41) is 7.42. The second-order valence-corrected chi connectivity index (χ2v) is 6.14. The maximum Gasteiger partial charge on any atom is 0.261 e. The predicted octanol–water partition coefficient (Wildman–Crippen LogP) is 1.75. The first kappa shape index (κ1) is 14.4. The Balaban J connectivity index is 1.96. The van der Waals surface area contributed by atoms with Crippen molar-refractivity contribution < 1.29 is 9.53 Å². The van der Waals surface area contributed by atoms with Gasteiger partial charge in [-0.25, -0.2) is 4.98 Å². The quantitative estimate of drug-likeness (QED) is 0.826. The van der Waals surface area contributed by atoms with Crippen molar-refractivity contribution in [3.8, 4) is 0 Å². The number of nitrogens with zero attached hydrogens (tertiary/aromatic N) is 1. The second-order valence-electron chi connectivity index (χ2n) is 5.14. The zero-order chi connectivity index (χ0) is 14.7. The van der Waals surface area contributed by atoms with E-state index in [0.29, 0.717) is 19.1 Å². The van der Waals surface area contributed by atoms with Crippen LogP contribution in [0.2, 0.25) is 0 Å². The third-order valence-electron chi connectivity index (χ3n) is 3.77. The van der Waals surface area contributed by atoms with E-state index in [-0.39, 0.29) is 5.91 Å². The van der Waals surface area contributed by atoms with Gasteiger partial charge in [0.05, 0.1) is 11.5 Å². The van der Waals surface area contributed by atoms with Gasteiger partial charge in [0.25, 0.3) is 5.91 Å². The molecule has 3 heterocycles. The van der Waals surface area contributed by atoms with Crippen molar-refractivity contribution in [2.24, 2.45) is 0 Å². The number of thiophene rings is 1. The number of nitrogens with one attached hydrogen (secondary N) is 2. The average molecular weight is 305 g/mol. The summed E-state index contributed by atoms with van der Waals surface area (Å²) in [7, 11) is 1.63. The highest BCUT2D eigenvalue weighted by molar-refractivity contribution is 7.20. The number of methoxy groups -OCH3 is 1. The predicted molar refractivity (Wildman–Crippen MR) is 84.1 cm³/mol. The van der Waals surface area contributed by atoms with Crippen LogP contribution in [-0.2, 0) is 4.74 Å². The Morgan fingerprint density at radius 2 is 2.52 bits per heavy atom. The molecule has 2 N–H and O–H groups in total. The molecule has 6 heteroatoms. The number of carbonyl (C=O) groups is 1. The number of fused-ring (bicyclic) bond motifs is 1. The van der Waals surface area contributed by atoms with Crippen molar-refractivity contribution >= 4 is 27.5 Å². The van der Waals surface area contributed by atoms with E-state index >= 15 is 0 Å². The Hall–Kier alpha value is -1.50. The lowest BCUT2D eigenvalue weighted by Crippen LogP contribution is -2.27. The van der Waals surface area contributed by atoms with Gasteiger partial charge in [-0.05, 0) is 30.5 Å². The first-order chi connectivity index (χ1) is 10.3. The molecule has 1 amide bonds. The molecular formula is C15H19N3O2S. The van der Waals surface area contributed by atoms with Crippen LogP contribution in [0.1, 0.15) is 27.6 Å².